The van der Waals surface area contributed by atoms with Gasteiger partial charge in [-0.25, -0.2) is 10.2 Å². The second-order valence-electron chi connectivity index (χ2n) is 5.87. The molecule has 0 saturated carbocycles. The summed E-state index contributed by atoms with van der Waals surface area (Å²) in [7, 11) is 1.47. The lowest BCUT2D eigenvalue weighted by Gasteiger charge is -2.10. The van der Waals surface area contributed by atoms with Gasteiger partial charge in [-0.05, 0) is 60.2 Å². The molecule has 1 amide bonds. The molecule has 7 heteroatoms. The summed E-state index contributed by atoms with van der Waals surface area (Å²) in [5, 5.41) is 4.48. The fourth-order valence-corrected chi connectivity index (χ4v) is 2.54. The monoisotopic (exact) mass is 408 g/mol. The fourth-order valence-electron chi connectivity index (χ4n) is 2.41. The number of carbonyl (C=O) groups excluding carboxylic acids is 2. The third-order valence-electron chi connectivity index (χ3n) is 3.89. The van der Waals surface area contributed by atoms with Crippen LogP contribution in [0.2, 0.25) is 5.02 Å². The fraction of sp³-hybridized carbons (Fsp3) is 0.0455. The van der Waals surface area contributed by atoms with Gasteiger partial charge in [0, 0.05) is 10.6 Å². The van der Waals surface area contributed by atoms with Crippen LogP contribution >= 0.6 is 11.6 Å². The summed E-state index contributed by atoms with van der Waals surface area (Å²) >= 11 is 5.80. The van der Waals surface area contributed by atoms with Crippen molar-refractivity contribution in [3.05, 3.63) is 94.5 Å². The summed E-state index contributed by atoms with van der Waals surface area (Å²) in [6, 6.07) is 20.0. The molecule has 0 unspecified atom stereocenters. The van der Waals surface area contributed by atoms with Crippen molar-refractivity contribution in [3.8, 4) is 11.5 Å². The zero-order valence-corrected chi connectivity index (χ0v) is 16.2. The molecule has 0 saturated heterocycles. The Hall–Kier alpha value is -3.64. The Morgan fingerprint density at radius 3 is 2.34 bits per heavy atom. The highest BCUT2D eigenvalue weighted by Gasteiger charge is 2.12. The number of amides is 1. The molecule has 0 bridgehead atoms. The molecular formula is C22H17ClN2O4. The predicted molar refractivity (Wildman–Crippen MR) is 111 cm³/mol. The van der Waals surface area contributed by atoms with Gasteiger partial charge in [-0.2, -0.15) is 5.10 Å². The van der Waals surface area contributed by atoms with Crippen molar-refractivity contribution in [1.82, 2.24) is 5.43 Å². The summed E-state index contributed by atoms with van der Waals surface area (Å²) in [6.45, 7) is 0. The zero-order valence-electron chi connectivity index (χ0n) is 15.5. The SMILES string of the molecule is COc1cc(C=NNC(=O)c2ccc(Cl)cc2)ccc1OC(=O)c1ccccc1. The molecule has 0 radical (unpaired) electrons. The predicted octanol–water partition coefficient (Wildman–Crippen LogP) is 4.33. The molecule has 0 aromatic heterocycles. The molecule has 146 valence electrons. The molecular weight excluding hydrogens is 392 g/mol. The lowest BCUT2D eigenvalue weighted by atomic mass is 10.2. The van der Waals surface area contributed by atoms with Crippen LogP contribution in [0.4, 0.5) is 0 Å². The zero-order chi connectivity index (χ0) is 20.6. The maximum absolute atomic E-state index is 12.2. The van der Waals surface area contributed by atoms with Crippen molar-refractivity contribution in [2.24, 2.45) is 5.10 Å². The number of benzene rings is 3. The summed E-state index contributed by atoms with van der Waals surface area (Å²) in [6.07, 6.45) is 1.46. The van der Waals surface area contributed by atoms with Crippen LogP contribution in [0.5, 0.6) is 11.5 Å². The van der Waals surface area contributed by atoms with E-state index in [0.29, 0.717) is 27.5 Å². The van der Waals surface area contributed by atoms with Crippen LogP contribution in [-0.2, 0) is 0 Å². The van der Waals surface area contributed by atoms with E-state index in [1.54, 1.807) is 66.7 Å². The first-order chi connectivity index (χ1) is 14.1. The van der Waals surface area contributed by atoms with Crippen LogP contribution in [0.1, 0.15) is 26.3 Å². The topological polar surface area (TPSA) is 77.0 Å². The Labute approximate surface area is 172 Å². The summed E-state index contributed by atoms with van der Waals surface area (Å²) in [5.41, 5.74) is 3.96. The quantitative estimate of drug-likeness (QED) is 0.285. The Balaban J connectivity index is 1.66. The largest absolute Gasteiger partial charge is 0.493 e. The minimum atomic E-state index is -0.486. The van der Waals surface area contributed by atoms with E-state index in [1.807, 2.05) is 6.07 Å². The van der Waals surface area contributed by atoms with Gasteiger partial charge in [0.1, 0.15) is 0 Å². The van der Waals surface area contributed by atoms with Crippen LogP contribution in [-0.4, -0.2) is 25.2 Å². The van der Waals surface area contributed by atoms with Crippen molar-refractivity contribution in [2.45, 2.75) is 0 Å². The van der Waals surface area contributed by atoms with Crippen molar-refractivity contribution >= 4 is 29.7 Å². The van der Waals surface area contributed by atoms with Crippen LogP contribution in [0.3, 0.4) is 0 Å². The normalized spacial score (nSPS) is 10.6. The second kappa shape index (κ2) is 9.52. The summed E-state index contributed by atoms with van der Waals surface area (Å²) < 4.78 is 10.7. The Morgan fingerprint density at radius 2 is 1.66 bits per heavy atom. The van der Waals surface area contributed by atoms with Gasteiger partial charge in [0.25, 0.3) is 5.91 Å². The Morgan fingerprint density at radius 1 is 0.931 bits per heavy atom. The third kappa shape index (κ3) is 5.43. The number of ether oxygens (including phenoxy) is 2. The van der Waals surface area contributed by atoms with Crippen molar-refractivity contribution in [2.75, 3.05) is 7.11 Å². The number of hydrazone groups is 1. The lowest BCUT2D eigenvalue weighted by molar-refractivity contribution is 0.0729. The summed E-state index contributed by atoms with van der Waals surface area (Å²) in [4.78, 5) is 24.2. The molecule has 3 aromatic carbocycles. The Bertz CT molecular complexity index is 1030. The maximum atomic E-state index is 12.2. The van der Waals surface area contributed by atoms with Crippen molar-refractivity contribution in [3.63, 3.8) is 0 Å². The summed E-state index contributed by atoms with van der Waals surface area (Å²) in [5.74, 6) is -0.204. The van der Waals surface area contributed by atoms with E-state index in [0.717, 1.165) is 0 Å². The molecule has 6 nitrogen and oxygen atoms in total. The third-order valence-corrected chi connectivity index (χ3v) is 4.14. The van der Waals surface area contributed by atoms with E-state index in [-0.39, 0.29) is 11.7 Å². The van der Waals surface area contributed by atoms with Crippen LogP contribution < -0.4 is 14.9 Å². The molecule has 1 N–H and O–H groups in total. The number of hydrogen-bond acceptors (Lipinski definition) is 5. The molecule has 0 heterocycles. The maximum Gasteiger partial charge on any atom is 0.343 e. The molecule has 3 rings (SSSR count). The minimum absolute atomic E-state index is 0.281. The van der Waals surface area contributed by atoms with E-state index in [9.17, 15) is 9.59 Å². The highest BCUT2D eigenvalue weighted by molar-refractivity contribution is 6.30. The smallest absolute Gasteiger partial charge is 0.343 e. The van der Waals surface area contributed by atoms with Crippen LogP contribution in [0.15, 0.2) is 77.9 Å². The Kier molecular flexibility index (Phi) is 6.60. The lowest BCUT2D eigenvalue weighted by Crippen LogP contribution is -2.17. The van der Waals surface area contributed by atoms with Crippen molar-refractivity contribution in [1.29, 1.82) is 0 Å². The van der Waals surface area contributed by atoms with Crippen molar-refractivity contribution < 1.29 is 19.1 Å². The first-order valence-corrected chi connectivity index (χ1v) is 8.99. The van der Waals surface area contributed by atoms with Crippen LogP contribution in [0.25, 0.3) is 0 Å². The average molecular weight is 409 g/mol. The second-order valence-corrected chi connectivity index (χ2v) is 6.31. The van der Waals surface area contributed by atoms with E-state index >= 15 is 0 Å². The first kappa shape index (κ1) is 20.1. The molecule has 29 heavy (non-hydrogen) atoms. The molecule has 0 fully saturated rings. The molecule has 0 aliphatic rings. The van der Waals surface area contributed by atoms with E-state index in [1.165, 1.54) is 13.3 Å². The number of nitrogens with one attached hydrogen (secondary N) is 1. The van der Waals surface area contributed by atoms with Gasteiger partial charge >= 0.3 is 5.97 Å². The molecule has 3 aromatic rings. The highest BCUT2D eigenvalue weighted by Crippen LogP contribution is 2.28. The van der Waals surface area contributed by atoms with E-state index in [4.69, 9.17) is 21.1 Å². The molecule has 0 spiro atoms. The van der Waals surface area contributed by atoms with Gasteiger partial charge < -0.3 is 9.47 Å². The number of esters is 1. The number of rotatable bonds is 6. The van der Waals surface area contributed by atoms with Gasteiger partial charge in [0.05, 0.1) is 18.9 Å². The molecule has 0 aliphatic heterocycles. The van der Waals surface area contributed by atoms with Crippen LogP contribution in [0, 0.1) is 0 Å². The number of carbonyl (C=O) groups is 2. The number of halogens is 1. The molecule has 0 aliphatic carbocycles. The number of hydrogen-bond donors (Lipinski definition) is 1. The van der Waals surface area contributed by atoms with E-state index < -0.39 is 5.97 Å². The van der Waals surface area contributed by atoms with Gasteiger partial charge in [0.15, 0.2) is 11.5 Å². The van der Waals surface area contributed by atoms with Gasteiger partial charge in [-0.1, -0.05) is 29.8 Å². The van der Waals surface area contributed by atoms with Gasteiger partial charge in [-0.3, -0.25) is 4.79 Å². The van der Waals surface area contributed by atoms with E-state index in [2.05, 4.69) is 10.5 Å². The molecule has 0 atom stereocenters. The number of nitrogens with zero attached hydrogens (tertiary/aromatic N) is 1. The first-order valence-electron chi connectivity index (χ1n) is 8.61. The standard InChI is InChI=1S/C22H17ClN2O4/c1-28-20-13-15(14-24-25-21(26)16-8-10-18(23)11-9-16)7-12-19(20)29-22(27)17-5-3-2-4-6-17/h2-14H,1H3,(H,25,26). The van der Waals surface area contributed by atoms with Gasteiger partial charge in [-0.15, -0.1) is 0 Å². The minimum Gasteiger partial charge on any atom is -0.493 e. The number of methoxy groups -OCH3 is 1. The average Bonchev–Trinajstić information content (AvgIpc) is 2.75. The highest BCUT2D eigenvalue weighted by atomic mass is 35.5. The van der Waals surface area contributed by atoms with Gasteiger partial charge in [0.2, 0.25) is 0 Å².